The highest BCUT2D eigenvalue weighted by atomic mass is 16.5. The van der Waals surface area contributed by atoms with Crippen LogP contribution in [-0.4, -0.2) is 35.8 Å². The second kappa shape index (κ2) is 7.89. The van der Waals surface area contributed by atoms with Crippen LogP contribution in [0.25, 0.3) is 6.08 Å². The molecule has 0 aliphatic heterocycles. The summed E-state index contributed by atoms with van der Waals surface area (Å²) in [6, 6.07) is 9.19. The maximum absolute atomic E-state index is 11.9. The lowest BCUT2D eigenvalue weighted by Gasteiger charge is -2.15. The maximum Gasteiger partial charge on any atom is 0.326 e. The van der Waals surface area contributed by atoms with Crippen molar-refractivity contribution in [3.63, 3.8) is 0 Å². The van der Waals surface area contributed by atoms with Crippen molar-refractivity contribution in [3.8, 4) is 0 Å². The third kappa shape index (κ3) is 5.06. The van der Waals surface area contributed by atoms with Crippen LogP contribution in [0.3, 0.4) is 0 Å². The van der Waals surface area contributed by atoms with Crippen molar-refractivity contribution < 1.29 is 19.1 Å². The number of ether oxygens (including phenoxy) is 1. The molecule has 1 aromatic carbocycles. The van der Waals surface area contributed by atoms with Gasteiger partial charge in [0.25, 0.3) is 5.91 Å². The van der Waals surface area contributed by atoms with E-state index in [0.717, 1.165) is 10.5 Å². The van der Waals surface area contributed by atoms with Crippen molar-refractivity contribution >= 4 is 23.9 Å². The summed E-state index contributed by atoms with van der Waals surface area (Å²) in [6.07, 6.45) is 2.85. The first kappa shape index (κ1) is 15.6. The summed E-state index contributed by atoms with van der Waals surface area (Å²) in [5.41, 5.74) is 0.834. The van der Waals surface area contributed by atoms with Gasteiger partial charge in [-0.2, -0.15) is 0 Å². The zero-order chi connectivity index (χ0) is 15.0. The van der Waals surface area contributed by atoms with Crippen molar-refractivity contribution in [2.24, 2.45) is 0 Å². The number of imide groups is 1. The van der Waals surface area contributed by atoms with E-state index in [0.29, 0.717) is 0 Å². The minimum absolute atomic E-state index is 0.207. The fraction of sp³-hybridized carbons (Fsp3) is 0.267. The molecule has 0 heterocycles. The molecule has 5 heteroatoms. The first-order valence-electron chi connectivity index (χ1n) is 6.25. The van der Waals surface area contributed by atoms with Crippen LogP contribution in [0.15, 0.2) is 36.4 Å². The number of hydrogen-bond acceptors (Lipinski definition) is 4. The molecule has 0 saturated heterocycles. The van der Waals surface area contributed by atoms with Gasteiger partial charge in [-0.1, -0.05) is 30.3 Å². The Bertz CT molecular complexity index is 508. The summed E-state index contributed by atoms with van der Waals surface area (Å²) in [5, 5.41) is 0. The lowest BCUT2D eigenvalue weighted by atomic mass is 10.2. The molecule has 0 unspecified atom stereocenters. The summed E-state index contributed by atoms with van der Waals surface area (Å²) in [4.78, 5) is 35.5. The molecule has 2 amide bonds. The number of amides is 2. The molecule has 1 aromatic rings. The topological polar surface area (TPSA) is 63.7 Å². The van der Waals surface area contributed by atoms with Crippen LogP contribution in [0.1, 0.15) is 19.4 Å². The van der Waals surface area contributed by atoms with E-state index in [1.165, 1.54) is 13.0 Å². The van der Waals surface area contributed by atoms with E-state index in [1.54, 1.807) is 13.0 Å². The van der Waals surface area contributed by atoms with Crippen molar-refractivity contribution in [1.29, 1.82) is 0 Å². The Kier molecular flexibility index (Phi) is 6.16. The average Bonchev–Trinajstić information content (AvgIpc) is 2.43. The maximum atomic E-state index is 11.9. The summed E-state index contributed by atoms with van der Waals surface area (Å²) in [6.45, 7) is 2.72. The van der Waals surface area contributed by atoms with Crippen LogP contribution in [0.4, 0.5) is 0 Å². The predicted octanol–water partition coefficient (Wildman–Crippen LogP) is 1.64. The van der Waals surface area contributed by atoms with E-state index < -0.39 is 17.8 Å². The number of nitrogens with zero attached hydrogens (tertiary/aromatic N) is 1. The Balaban J connectivity index is 2.72. The Morgan fingerprint density at radius 3 is 2.40 bits per heavy atom. The monoisotopic (exact) mass is 275 g/mol. The van der Waals surface area contributed by atoms with Crippen LogP contribution in [0, 0.1) is 0 Å². The second-order valence-electron chi connectivity index (χ2n) is 3.99. The number of carbonyl (C=O) groups is 3. The molecule has 0 N–H and O–H groups in total. The SMILES string of the molecule is CCOC(=O)CN(C(C)=O)C(=O)/C=C/c1ccccc1. The number of carbonyl (C=O) groups excluding carboxylic acids is 3. The largest absolute Gasteiger partial charge is 0.465 e. The van der Waals surface area contributed by atoms with Crippen LogP contribution in [0.5, 0.6) is 0 Å². The molecule has 106 valence electrons. The molecule has 0 radical (unpaired) electrons. The molecular weight excluding hydrogens is 258 g/mol. The molecule has 0 aliphatic rings. The van der Waals surface area contributed by atoms with Crippen molar-refractivity contribution in [3.05, 3.63) is 42.0 Å². The van der Waals surface area contributed by atoms with Gasteiger partial charge in [0, 0.05) is 13.0 Å². The summed E-state index contributed by atoms with van der Waals surface area (Å²) >= 11 is 0. The zero-order valence-corrected chi connectivity index (χ0v) is 11.5. The first-order chi connectivity index (χ1) is 9.54. The second-order valence-corrected chi connectivity index (χ2v) is 3.99. The zero-order valence-electron chi connectivity index (χ0n) is 11.5. The van der Waals surface area contributed by atoms with E-state index in [2.05, 4.69) is 0 Å². The Labute approximate surface area is 117 Å². The first-order valence-corrected chi connectivity index (χ1v) is 6.25. The smallest absolute Gasteiger partial charge is 0.326 e. The Morgan fingerprint density at radius 1 is 1.20 bits per heavy atom. The molecule has 0 aliphatic carbocycles. The molecule has 0 aromatic heterocycles. The number of benzene rings is 1. The summed E-state index contributed by atoms with van der Waals surface area (Å²) in [7, 11) is 0. The van der Waals surface area contributed by atoms with Gasteiger partial charge in [-0.3, -0.25) is 19.3 Å². The van der Waals surface area contributed by atoms with Crippen LogP contribution in [-0.2, 0) is 19.1 Å². The highest BCUT2D eigenvalue weighted by Crippen LogP contribution is 2.03. The molecule has 1 rings (SSSR count). The van der Waals surface area contributed by atoms with Crippen LogP contribution >= 0.6 is 0 Å². The minimum Gasteiger partial charge on any atom is -0.465 e. The van der Waals surface area contributed by atoms with Gasteiger partial charge in [0.05, 0.1) is 6.61 Å². The fourth-order valence-corrected chi connectivity index (χ4v) is 1.50. The van der Waals surface area contributed by atoms with Crippen LogP contribution in [0.2, 0.25) is 0 Å². The van der Waals surface area contributed by atoms with E-state index in [-0.39, 0.29) is 13.2 Å². The number of hydrogen-bond donors (Lipinski definition) is 0. The van der Waals surface area contributed by atoms with Gasteiger partial charge in [0.2, 0.25) is 5.91 Å². The third-order valence-electron chi connectivity index (χ3n) is 2.46. The van der Waals surface area contributed by atoms with Crippen LogP contribution < -0.4 is 0 Å². The molecule has 0 atom stereocenters. The average molecular weight is 275 g/mol. The van der Waals surface area contributed by atoms with Gasteiger partial charge in [-0.05, 0) is 18.6 Å². The van der Waals surface area contributed by atoms with Gasteiger partial charge < -0.3 is 4.74 Å². The molecule has 5 nitrogen and oxygen atoms in total. The molecule has 0 bridgehead atoms. The lowest BCUT2D eigenvalue weighted by Crippen LogP contribution is -2.38. The van der Waals surface area contributed by atoms with E-state index in [9.17, 15) is 14.4 Å². The molecular formula is C15H17NO4. The number of rotatable bonds is 5. The van der Waals surface area contributed by atoms with Crippen molar-refractivity contribution in [1.82, 2.24) is 4.90 Å². The molecule has 0 spiro atoms. The Hall–Kier alpha value is -2.43. The highest BCUT2D eigenvalue weighted by molar-refractivity contribution is 6.04. The normalized spacial score (nSPS) is 10.3. The van der Waals surface area contributed by atoms with Gasteiger partial charge >= 0.3 is 5.97 Å². The van der Waals surface area contributed by atoms with Gasteiger partial charge in [0.15, 0.2) is 0 Å². The molecule has 20 heavy (non-hydrogen) atoms. The van der Waals surface area contributed by atoms with Gasteiger partial charge in [0.1, 0.15) is 6.54 Å². The standard InChI is InChI=1S/C15H17NO4/c1-3-20-15(19)11-16(12(2)17)14(18)10-9-13-7-5-4-6-8-13/h4-10H,3,11H2,1-2H3/b10-9+. The van der Waals surface area contributed by atoms with Crippen molar-refractivity contribution in [2.45, 2.75) is 13.8 Å². The van der Waals surface area contributed by atoms with Crippen molar-refractivity contribution in [2.75, 3.05) is 13.2 Å². The fourth-order valence-electron chi connectivity index (χ4n) is 1.50. The predicted molar refractivity (Wildman–Crippen MR) is 74.5 cm³/mol. The quantitative estimate of drug-likeness (QED) is 0.605. The highest BCUT2D eigenvalue weighted by Gasteiger charge is 2.19. The van der Waals surface area contributed by atoms with E-state index in [1.807, 2.05) is 30.3 Å². The number of esters is 1. The van der Waals surface area contributed by atoms with Gasteiger partial charge in [-0.25, -0.2) is 0 Å². The third-order valence-corrected chi connectivity index (χ3v) is 2.46. The lowest BCUT2D eigenvalue weighted by molar-refractivity contribution is -0.152. The summed E-state index contributed by atoms with van der Waals surface area (Å²) in [5.74, 6) is -1.65. The van der Waals surface area contributed by atoms with Gasteiger partial charge in [-0.15, -0.1) is 0 Å². The Morgan fingerprint density at radius 2 is 1.85 bits per heavy atom. The molecule has 0 fully saturated rings. The minimum atomic E-state index is -0.607. The summed E-state index contributed by atoms with van der Waals surface area (Å²) < 4.78 is 4.73. The van der Waals surface area contributed by atoms with E-state index >= 15 is 0 Å². The van der Waals surface area contributed by atoms with E-state index in [4.69, 9.17) is 4.74 Å². The molecule has 0 saturated carbocycles.